The molecule has 0 radical (unpaired) electrons. The molecule has 2 fully saturated rings. The van der Waals surface area contributed by atoms with Crippen molar-refractivity contribution in [3.8, 4) is 0 Å². The Labute approximate surface area is 190 Å². The van der Waals surface area contributed by atoms with Crippen molar-refractivity contribution in [2.75, 3.05) is 36.9 Å². The SMILES string of the molecule is c1nscc1Nc1nc(NC2CCC(N3CCOCC3)CC2)c2c3c(sc2n1)CCC3. The van der Waals surface area contributed by atoms with Crippen LogP contribution in [0.15, 0.2) is 11.6 Å². The molecule has 2 aliphatic carbocycles. The molecule has 1 aliphatic heterocycles. The van der Waals surface area contributed by atoms with E-state index in [9.17, 15) is 0 Å². The molecule has 164 valence electrons. The highest BCUT2D eigenvalue weighted by atomic mass is 32.1. The highest BCUT2D eigenvalue weighted by Crippen LogP contribution is 2.41. The Hall–Kier alpha value is -1.81. The topological polar surface area (TPSA) is 75.2 Å². The third-order valence-electron chi connectivity index (χ3n) is 6.85. The molecule has 1 saturated heterocycles. The number of hydrogen-bond acceptors (Lipinski definition) is 9. The van der Waals surface area contributed by atoms with E-state index < -0.39 is 0 Å². The molecule has 0 aromatic carbocycles. The minimum atomic E-state index is 0.475. The molecule has 1 saturated carbocycles. The first-order valence-corrected chi connectivity index (χ1v) is 13.1. The van der Waals surface area contributed by atoms with Crippen LogP contribution in [0.5, 0.6) is 0 Å². The van der Waals surface area contributed by atoms with Gasteiger partial charge >= 0.3 is 0 Å². The predicted octanol–water partition coefficient (Wildman–Crippen LogP) is 4.44. The fraction of sp³-hybridized carbons (Fsp3) is 0.591. The zero-order valence-corrected chi connectivity index (χ0v) is 19.2. The molecular weight excluding hydrogens is 428 g/mol. The fourth-order valence-corrected chi connectivity index (χ4v) is 7.00. The molecule has 0 unspecified atom stereocenters. The van der Waals surface area contributed by atoms with Crippen LogP contribution in [0.1, 0.15) is 42.5 Å². The van der Waals surface area contributed by atoms with Crippen molar-refractivity contribution >= 4 is 50.5 Å². The summed E-state index contributed by atoms with van der Waals surface area (Å²) in [6.45, 7) is 3.94. The number of ether oxygens (including phenoxy) is 1. The van der Waals surface area contributed by atoms with Gasteiger partial charge in [0.1, 0.15) is 10.6 Å². The van der Waals surface area contributed by atoms with E-state index in [0.29, 0.717) is 18.0 Å². The molecule has 7 nitrogen and oxygen atoms in total. The van der Waals surface area contributed by atoms with Gasteiger partial charge in [-0.3, -0.25) is 4.90 Å². The number of hydrogen-bond donors (Lipinski definition) is 2. The fourth-order valence-electron chi connectivity index (χ4n) is 5.27. The molecule has 3 aromatic heterocycles. The van der Waals surface area contributed by atoms with Crippen molar-refractivity contribution in [3.63, 3.8) is 0 Å². The summed E-state index contributed by atoms with van der Waals surface area (Å²) in [4.78, 5) is 15.0. The lowest BCUT2D eigenvalue weighted by Gasteiger charge is -2.39. The van der Waals surface area contributed by atoms with Crippen LogP contribution in [0.25, 0.3) is 10.2 Å². The molecule has 2 N–H and O–H groups in total. The van der Waals surface area contributed by atoms with Crippen LogP contribution in [0.4, 0.5) is 17.5 Å². The second-order valence-electron chi connectivity index (χ2n) is 8.77. The van der Waals surface area contributed by atoms with Crippen LogP contribution in [0.3, 0.4) is 0 Å². The van der Waals surface area contributed by atoms with Crippen molar-refractivity contribution in [2.24, 2.45) is 0 Å². The number of aryl methyl sites for hydroxylation is 2. The van der Waals surface area contributed by atoms with Crippen molar-refractivity contribution in [2.45, 2.75) is 57.0 Å². The summed E-state index contributed by atoms with van der Waals surface area (Å²) in [6.07, 6.45) is 10.3. The lowest BCUT2D eigenvalue weighted by molar-refractivity contribution is 0.00791. The Morgan fingerprint density at radius 1 is 1.06 bits per heavy atom. The predicted molar refractivity (Wildman–Crippen MR) is 127 cm³/mol. The van der Waals surface area contributed by atoms with E-state index in [-0.39, 0.29) is 0 Å². The number of morpholine rings is 1. The minimum absolute atomic E-state index is 0.475. The lowest BCUT2D eigenvalue weighted by Crippen LogP contribution is -2.46. The highest BCUT2D eigenvalue weighted by Gasteiger charge is 2.29. The zero-order chi connectivity index (χ0) is 20.6. The van der Waals surface area contributed by atoms with Gasteiger partial charge in [-0.1, -0.05) is 0 Å². The maximum Gasteiger partial charge on any atom is 0.230 e. The monoisotopic (exact) mass is 456 g/mol. The van der Waals surface area contributed by atoms with E-state index >= 15 is 0 Å². The molecule has 9 heteroatoms. The second kappa shape index (κ2) is 8.61. The lowest BCUT2D eigenvalue weighted by atomic mass is 9.90. The van der Waals surface area contributed by atoms with Crippen LogP contribution in [0.2, 0.25) is 0 Å². The van der Waals surface area contributed by atoms with Gasteiger partial charge in [0, 0.05) is 35.4 Å². The first-order valence-electron chi connectivity index (χ1n) is 11.4. The van der Waals surface area contributed by atoms with E-state index in [0.717, 1.165) is 49.1 Å². The summed E-state index contributed by atoms with van der Waals surface area (Å²) in [5.41, 5.74) is 2.43. The highest BCUT2D eigenvalue weighted by molar-refractivity contribution is 7.19. The quantitative estimate of drug-likeness (QED) is 0.588. The van der Waals surface area contributed by atoms with E-state index in [1.807, 2.05) is 22.9 Å². The Bertz CT molecular complexity index is 1040. The number of rotatable bonds is 5. The van der Waals surface area contributed by atoms with E-state index in [1.54, 1.807) is 0 Å². The van der Waals surface area contributed by atoms with Gasteiger partial charge in [0.15, 0.2) is 0 Å². The normalized spacial score (nSPS) is 24.4. The second-order valence-corrected chi connectivity index (χ2v) is 10.5. The first kappa shape index (κ1) is 19.8. The Morgan fingerprint density at radius 2 is 1.94 bits per heavy atom. The Morgan fingerprint density at radius 3 is 2.74 bits per heavy atom. The molecule has 0 amide bonds. The van der Waals surface area contributed by atoms with Gasteiger partial charge in [0.2, 0.25) is 5.95 Å². The summed E-state index contributed by atoms with van der Waals surface area (Å²) < 4.78 is 9.71. The summed E-state index contributed by atoms with van der Waals surface area (Å²) >= 11 is 3.28. The van der Waals surface area contributed by atoms with Crippen molar-refractivity contribution in [1.29, 1.82) is 0 Å². The largest absolute Gasteiger partial charge is 0.379 e. The third-order valence-corrected chi connectivity index (χ3v) is 8.62. The molecule has 3 aromatic rings. The minimum Gasteiger partial charge on any atom is -0.379 e. The molecular formula is C22H28N6OS2. The van der Waals surface area contributed by atoms with Crippen LogP contribution >= 0.6 is 22.9 Å². The standard InChI is InChI=1S/C22H28N6OS2/c1-2-17-18(3-1)31-21-19(17)20(26-22(27-21)25-15-12-23-30-13-15)24-14-4-6-16(7-5-14)28-8-10-29-11-9-28/h12-14,16H,1-11H2,(H2,24,25,26,27). The average Bonchev–Trinajstić information content (AvgIpc) is 3.53. The van der Waals surface area contributed by atoms with Gasteiger partial charge in [-0.15, -0.1) is 11.3 Å². The van der Waals surface area contributed by atoms with Crippen LogP contribution in [0, 0.1) is 0 Å². The maximum absolute atomic E-state index is 5.53. The van der Waals surface area contributed by atoms with Gasteiger partial charge < -0.3 is 15.4 Å². The Kier molecular flexibility index (Phi) is 5.51. The number of fused-ring (bicyclic) bond motifs is 3. The van der Waals surface area contributed by atoms with Crippen molar-refractivity contribution < 1.29 is 4.74 Å². The van der Waals surface area contributed by atoms with Gasteiger partial charge in [0.05, 0.1) is 30.5 Å². The summed E-state index contributed by atoms with van der Waals surface area (Å²) in [6, 6.07) is 1.18. The number of aromatic nitrogens is 3. The van der Waals surface area contributed by atoms with Crippen LogP contribution in [-0.2, 0) is 17.6 Å². The van der Waals surface area contributed by atoms with Crippen LogP contribution < -0.4 is 10.6 Å². The third kappa shape index (κ3) is 4.04. The van der Waals surface area contributed by atoms with Crippen molar-refractivity contribution in [1.82, 2.24) is 19.2 Å². The summed E-state index contributed by atoms with van der Waals surface area (Å²) in [5, 5.41) is 10.4. The Balaban J connectivity index is 1.23. The first-order chi connectivity index (χ1) is 15.3. The molecule has 0 atom stereocenters. The summed E-state index contributed by atoms with van der Waals surface area (Å²) in [7, 11) is 0. The van der Waals surface area contributed by atoms with Gasteiger partial charge in [-0.2, -0.15) is 9.36 Å². The molecule has 3 aliphatic rings. The maximum atomic E-state index is 5.53. The number of anilines is 3. The number of nitrogens with zero attached hydrogens (tertiary/aromatic N) is 4. The van der Waals surface area contributed by atoms with Crippen molar-refractivity contribution in [3.05, 3.63) is 22.0 Å². The van der Waals surface area contributed by atoms with E-state index in [1.165, 1.54) is 65.9 Å². The summed E-state index contributed by atoms with van der Waals surface area (Å²) in [5.74, 6) is 1.68. The molecule has 4 heterocycles. The van der Waals surface area contributed by atoms with E-state index in [4.69, 9.17) is 14.7 Å². The molecule has 6 rings (SSSR count). The smallest absolute Gasteiger partial charge is 0.230 e. The number of nitrogens with one attached hydrogen (secondary N) is 2. The average molecular weight is 457 g/mol. The van der Waals surface area contributed by atoms with Gasteiger partial charge in [-0.25, -0.2) is 4.98 Å². The zero-order valence-electron chi connectivity index (χ0n) is 17.6. The van der Waals surface area contributed by atoms with E-state index in [2.05, 4.69) is 19.9 Å². The van der Waals surface area contributed by atoms with Gasteiger partial charge in [-0.05, 0) is 62.0 Å². The molecule has 31 heavy (non-hydrogen) atoms. The van der Waals surface area contributed by atoms with Gasteiger partial charge in [0.25, 0.3) is 0 Å². The van der Waals surface area contributed by atoms with Crippen LogP contribution in [-0.4, -0.2) is 57.6 Å². The molecule has 0 bridgehead atoms. The molecule has 0 spiro atoms. The number of thiophene rings is 1.